The SMILES string of the molecule is CCOc1ccccc1C(=O)Nc1ccc(C(=O)O)c(OC(=O)c2ccccc2OCC)c1. The van der Waals surface area contributed by atoms with Crippen LogP contribution in [-0.4, -0.2) is 36.2 Å². The molecule has 2 N–H and O–H groups in total. The molecular weight excluding hydrogens is 426 g/mol. The van der Waals surface area contributed by atoms with Crippen molar-refractivity contribution in [2.45, 2.75) is 13.8 Å². The second-order valence-electron chi connectivity index (χ2n) is 6.72. The number of benzene rings is 3. The number of carbonyl (C=O) groups is 3. The molecule has 0 radical (unpaired) electrons. The molecule has 0 saturated heterocycles. The van der Waals surface area contributed by atoms with E-state index in [-0.39, 0.29) is 22.6 Å². The molecule has 1 amide bonds. The Morgan fingerprint density at radius 1 is 0.758 bits per heavy atom. The Kier molecular flexibility index (Phi) is 7.64. The molecule has 170 valence electrons. The van der Waals surface area contributed by atoms with Gasteiger partial charge in [-0.3, -0.25) is 4.79 Å². The van der Waals surface area contributed by atoms with E-state index in [1.807, 2.05) is 6.92 Å². The lowest BCUT2D eigenvalue weighted by atomic mass is 10.1. The van der Waals surface area contributed by atoms with E-state index in [0.29, 0.717) is 30.3 Å². The minimum absolute atomic E-state index is 0.149. The molecule has 0 saturated carbocycles. The average molecular weight is 449 g/mol. The van der Waals surface area contributed by atoms with Crippen LogP contribution in [0, 0.1) is 0 Å². The first kappa shape index (κ1) is 23.3. The highest BCUT2D eigenvalue weighted by atomic mass is 16.5. The summed E-state index contributed by atoms with van der Waals surface area (Å²) in [6.07, 6.45) is 0. The Balaban J connectivity index is 1.88. The van der Waals surface area contributed by atoms with Crippen LogP contribution in [0.2, 0.25) is 0 Å². The number of para-hydroxylation sites is 2. The third-order valence-electron chi connectivity index (χ3n) is 4.51. The van der Waals surface area contributed by atoms with Gasteiger partial charge < -0.3 is 24.6 Å². The number of rotatable bonds is 9. The highest BCUT2D eigenvalue weighted by Crippen LogP contribution is 2.28. The third-order valence-corrected chi connectivity index (χ3v) is 4.51. The molecule has 3 aromatic carbocycles. The lowest BCUT2D eigenvalue weighted by molar-refractivity contribution is 0.0680. The Bertz CT molecular complexity index is 1170. The molecule has 0 aliphatic heterocycles. The largest absolute Gasteiger partial charge is 0.493 e. The number of hydrogen-bond donors (Lipinski definition) is 2. The summed E-state index contributed by atoms with van der Waals surface area (Å²) in [4.78, 5) is 37.2. The molecule has 0 unspecified atom stereocenters. The second kappa shape index (κ2) is 10.8. The lowest BCUT2D eigenvalue weighted by Gasteiger charge is -2.13. The van der Waals surface area contributed by atoms with Gasteiger partial charge in [-0.15, -0.1) is 0 Å². The lowest BCUT2D eigenvalue weighted by Crippen LogP contribution is -2.16. The van der Waals surface area contributed by atoms with E-state index in [0.717, 1.165) is 0 Å². The summed E-state index contributed by atoms with van der Waals surface area (Å²) in [6, 6.07) is 17.2. The van der Waals surface area contributed by atoms with Crippen LogP contribution in [0.4, 0.5) is 5.69 Å². The van der Waals surface area contributed by atoms with Gasteiger partial charge in [0, 0.05) is 11.8 Å². The van der Waals surface area contributed by atoms with Gasteiger partial charge >= 0.3 is 11.9 Å². The number of esters is 1. The zero-order chi connectivity index (χ0) is 23.8. The summed E-state index contributed by atoms with van der Waals surface area (Å²) in [5.41, 5.74) is 0.476. The maximum Gasteiger partial charge on any atom is 0.347 e. The Morgan fingerprint density at radius 3 is 1.94 bits per heavy atom. The number of anilines is 1. The summed E-state index contributed by atoms with van der Waals surface area (Å²) in [5, 5.41) is 12.2. The van der Waals surface area contributed by atoms with Crippen molar-refractivity contribution in [3.8, 4) is 17.2 Å². The van der Waals surface area contributed by atoms with Crippen LogP contribution in [-0.2, 0) is 0 Å². The summed E-state index contributed by atoms with van der Waals surface area (Å²) < 4.78 is 16.3. The zero-order valence-corrected chi connectivity index (χ0v) is 18.2. The van der Waals surface area contributed by atoms with Gasteiger partial charge in [0.25, 0.3) is 5.91 Å². The van der Waals surface area contributed by atoms with Crippen molar-refractivity contribution in [1.82, 2.24) is 0 Å². The third kappa shape index (κ3) is 5.68. The Labute approximate surface area is 190 Å². The van der Waals surface area contributed by atoms with E-state index >= 15 is 0 Å². The molecular formula is C25H23NO7. The number of nitrogens with one attached hydrogen (secondary N) is 1. The maximum atomic E-state index is 12.8. The van der Waals surface area contributed by atoms with Gasteiger partial charge in [-0.25, -0.2) is 9.59 Å². The fraction of sp³-hybridized carbons (Fsp3) is 0.160. The number of carboxylic acids is 1. The molecule has 8 nitrogen and oxygen atoms in total. The van der Waals surface area contributed by atoms with Crippen LogP contribution in [0.5, 0.6) is 17.2 Å². The summed E-state index contributed by atoms with van der Waals surface area (Å²) in [6.45, 7) is 4.32. The Morgan fingerprint density at radius 2 is 1.33 bits per heavy atom. The number of ether oxygens (including phenoxy) is 3. The van der Waals surface area contributed by atoms with Crippen LogP contribution in [0.3, 0.4) is 0 Å². The van der Waals surface area contributed by atoms with E-state index in [1.54, 1.807) is 49.4 Å². The van der Waals surface area contributed by atoms with Crippen LogP contribution in [0.15, 0.2) is 66.7 Å². The summed E-state index contributed by atoms with van der Waals surface area (Å²) >= 11 is 0. The highest BCUT2D eigenvalue weighted by Gasteiger charge is 2.20. The van der Waals surface area contributed by atoms with Crippen LogP contribution in [0.1, 0.15) is 44.9 Å². The van der Waals surface area contributed by atoms with Gasteiger partial charge in [0.05, 0.1) is 18.8 Å². The predicted molar refractivity (Wildman–Crippen MR) is 122 cm³/mol. The second-order valence-corrected chi connectivity index (χ2v) is 6.72. The first-order valence-corrected chi connectivity index (χ1v) is 10.3. The van der Waals surface area contributed by atoms with Crippen molar-refractivity contribution in [1.29, 1.82) is 0 Å². The molecule has 0 aliphatic rings. The fourth-order valence-corrected chi connectivity index (χ4v) is 3.07. The van der Waals surface area contributed by atoms with Crippen molar-refractivity contribution < 1.29 is 33.7 Å². The molecule has 0 bridgehead atoms. The van der Waals surface area contributed by atoms with Crippen molar-refractivity contribution in [2.24, 2.45) is 0 Å². The molecule has 0 fully saturated rings. The van der Waals surface area contributed by atoms with E-state index in [9.17, 15) is 19.5 Å². The predicted octanol–water partition coefficient (Wildman–Crippen LogP) is 4.65. The van der Waals surface area contributed by atoms with Gasteiger partial charge in [-0.05, 0) is 50.2 Å². The maximum absolute atomic E-state index is 12.8. The van der Waals surface area contributed by atoms with Crippen molar-refractivity contribution in [3.05, 3.63) is 83.4 Å². The van der Waals surface area contributed by atoms with Crippen LogP contribution >= 0.6 is 0 Å². The molecule has 0 aliphatic carbocycles. The van der Waals surface area contributed by atoms with Crippen molar-refractivity contribution in [3.63, 3.8) is 0 Å². The van der Waals surface area contributed by atoms with E-state index in [1.165, 1.54) is 24.3 Å². The normalized spacial score (nSPS) is 10.2. The summed E-state index contributed by atoms with van der Waals surface area (Å²) in [5.74, 6) is -2.00. The van der Waals surface area contributed by atoms with Gasteiger partial charge in [0.1, 0.15) is 28.4 Å². The van der Waals surface area contributed by atoms with E-state index in [2.05, 4.69) is 5.32 Å². The minimum Gasteiger partial charge on any atom is -0.493 e. The van der Waals surface area contributed by atoms with E-state index in [4.69, 9.17) is 14.2 Å². The minimum atomic E-state index is -1.28. The van der Waals surface area contributed by atoms with E-state index < -0.39 is 17.8 Å². The highest BCUT2D eigenvalue weighted by molar-refractivity contribution is 6.06. The first-order chi connectivity index (χ1) is 15.9. The smallest absolute Gasteiger partial charge is 0.347 e. The number of carboxylic acid groups (broad SMARTS) is 1. The van der Waals surface area contributed by atoms with Crippen LogP contribution in [0.25, 0.3) is 0 Å². The number of carbonyl (C=O) groups excluding carboxylic acids is 2. The number of hydrogen-bond acceptors (Lipinski definition) is 6. The molecule has 0 aromatic heterocycles. The topological polar surface area (TPSA) is 111 Å². The Hall–Kier alpha value is -4.33. The van der Waals surface area contributed by atoms with Crippen molar-refractivity contribution >= 4 is 23.5 Å². The number of amides is 1. The van der Waals surface area contributed by atoms with Gasteiger partial charge in [0.15, 0.2) is 0 Å². The molecule has 3 rings (SSSR count). The molecule has 3 aromatic rings. The molecule has 0 spiro atoms. The zero-order valence-electron chi connectivity index (χ0n) is 18.2. The molecule has 0 heterocycles. The quantitative estimate of drug-likeness (QED) is 0.361. The monoisotopic (exact) mass is 449 g/mol. The first-order valence-electron chi connectivity index (χ1n) is 10.3. The van der Waals surface area contributed by atoms with Gasteiger partial charge in [-0.1, -0.05) is 24.3 Å². The fourth-order valence-electron chi connectivity index (χ4n) is 3.07. The molecule has 8 heteroatoms. The molecule has 33 heavy (non-hydrogen) atoms. The molecule has 0 atom stereocenters. The van der Waals surface area contributed by atoms with Crippen LogP contribution < -0.4 is 19.5 Å². The van der Waals surface area contributed by atoms with Gasteiger partial charge in [0.2, 0.25) is 0 Å². The van der Waals surface area contributed by atoms with Crippen molar-refractivity contribution in [2.75, 3.05) is 18.5 Å². The average Bonchev–Trinajstić information content (AvgIpc) is 2.80. The standard InChI is InChI=1S/C25H23NO7/c1-3-31-20-11-7-5-9-17(20)23(27)26-16-13-14-18(24(28)29)22(15-16)33-25(30)19-10-6-8-12-21(19)32-4-2/h5-15H,3-4H2,1-2H3,(H,26,27)(H,28,29). The number of aromatic carboxylic acids is 1. The summed E-state index contributed by atoms with van der Waals surface area (Å²) in [7, 11) is 0. The van der Waals surface area contributed by atoms with Gasteiger partial charge in [-0.2, -0.15) is 0 Å².